The van der Waals surface area contributed by atoms with Crippen molar-refractivity contribution >= 4 is 16.7 Å². The second-order valence-corrected chi connectivity index (χ2v) is 3.89. The lowest BCUT2D eigenvalue weighted by Crippen LogP contribution is -1.98. The summed E-state index contributed by atoms with van der Waals surface area (Å²) in [5.74, 6) is 0.524. The van der Waals surface area contributed by atoms with Gasteiger partial charge < -0.3 is 15.6 Å². The number of nitrogen functional groups attached to an aromatic ring is 1. The monoisotopic (exact) mass is 232 g/mol. The standard InChI is InChI=1S/C13H16N2O2/c14-13-5-4-11-3-2-10(8-12(11)15-13)9-17-7-1-6-16/h2-5,8,16H,1,6-7,9H2,(H2,14,15). The largest absolute Gasteiger partial charge is 0.396 e. The highest BCUT2D eigenvalue weighted by Crippen LogP contribution is 2.16. The SMILES string of the molecule is Nc1ccc2ccc(COCCCO)cc2n1. The van der Waals surface area contributed by atoms with E-state index in [1.807, 2.05) is 24.3 Å². The van der Waals surface area contributed by atoms with Crippen LogP contribution >= 0.6 is 0 Å². The fourth-order valence-electron chi connectivity index (χ4n) is 1.62. The molecule has 4 nitrogen and oxygen atoms in total. The van der Waals surface area contributed by atoms with Crippen LogP contribution < -0.4 is 5.73 Å². The van der Waals surface area contributed by atoms with Crippen LogP contribution in [0.4, 0.5) is 5.82 Å². The van der Waals surface area contributed by atoms with Crippen molar-refractivity contribution in [2.24, 2.45) is 0 Å². The number of ether oxygens (including phenoxy) is 1. The summed E-state index contributed by atoms with van der Waals surface area (Å²) in [6, 6.07) is 9.74. The number of benzene rings is 1. The van der Waals surface area contributed by atoms with Crippen LogP contribution in [0.2, 0.25) is 0 Å². The van der Waals surface area contributed by atoms with E-state index < -0.39 is 0 Å². The van der Waals surface area contributed by atoms with Crippen molar-refractivity contribution in [2.75, 3.05) is 18.9 Å². The summed E-state index contributed by atoms with van der Waals surface area (Å²) in [5.41, 5.74) is 7.59. The quantitative estimate of drug-likeness (QED) is 0.770. The van der Waals surface area contributed by atoms with Gasteiger partial charge in [-0.3, -0.25) is 0 Å². The number of aromatic nitrogens is 1. The molecule has 0 spiro atoms. The van der Waals surface area contributed by atoms with Crippen molar-refractivity contribution in [1.82, 2.24) is 4.98 Å². The lowest BCUT2D eigenvalue weighted by atomic mass is 10.1. The summed E-state index contributed by atoms with van der Waals surface area (Å²) in [5, 5.41) is 9.70. The molecule has 0 aliphatic carbocycles. The fourth-order valence-corrected chi connectivity index (χ4v) is 1.62. The topological polar surface area (TPSA) is 68.4 Å². The Hall–Kier alpha value is -1.65. The lowest BCUT2D eigenvalue weighted by Gasteiger charge is -2.05. The molecule has 0 atom stereocenters. The molecule has 0 unspecified atom stereocenters. The molecule has 1 heterocycles. The highest BCUT2D eigenvalue weighted by Gasteiger charge is 1.99. The second-order valence-electron chi connectivity index (χ2n) is 3.89. The summed E-state index contributed by atoms with van der Waals surface area (Å²) in [7, 11) is 0. The zero-order chi connectivity index (χ0) is 12.1. The smallest absolute Gasteiger partial charge is 0.124 e. The van der Waals surface area contributed by atoms with Crippen molar-refractivity contribution in [2.45, 2.75) is 13.0 Å². The molecule has 0 aliphatic heterocycles. The van der Waals surface area contributed by atoms with E-state index in [4.69, 9.17) is 15.6 Å². The normalized spacial score (nSPS) is 10.9. The summed E-state index contributed by atoms with van der Waals surface area (Å²) in [6.45, 7) is 1.27. The molecule has 17 heavy (non-hydrogen) atoms. The number of anilines is 1. The summed E-state index contributed by atoms with van der Waals surface area (Å²) in [4.78, 5) is 4.26. The Balaban J connectivity index is 2.08. The maximum absolute atomic E-state index is 8.63. The minimum atomic E-state index is 0.163. The molecule has 0 radical (unpaired) electrons. The van der Waals surface area contributed by atoms with Gasteiger partial charge in [-0.1, -0.05) is 12.1 Å². The minimum absolute atomic E-state index is 0.163. The average molecular weight is 232 g/mol. The molecule has 3 N–H and O–H groups in total. The first-order chi connectivity index (χ1) is 8.29. The molecule has 4 heteroatoms. The van der Waals surface area contributed by atoms with Crippen LogP contribution in [0.5, 0.6) is 0 Å². The number of hydrogen-bond donors (Lipinski definition) is 2. The van der Waals surface area contributed by atoms with E-state index >= 15 is 0 Å². The van der Waals surface area contributed by atoms with E-state index in [2.05, 4.69) is 4.98 Å². The lowest BCUT2D eigenvalue weighted by molar-refractivity contribution is 0.104. The number of aliphatic hydroxyl groups excluding tert-OH is 1. The van der Waals surface area contributed by atoms with Gasteiger partial charge in [0, 0.05) is 18.6 Å². The van der Waals surface area contributed by atoms with E-state index in [0.717, 1.165) is 16.5 Å². The highest BCUT2D eigenvalue weighted by atomic mass is 16.5. The third kappa shape index (κ3) is 3.15. The van der Waals surface area contributed by atoms with Gasteiger partial charge in [-0.25, -0.2) is 4.98 Å². The molecule has 0 amide bonds. The Morgan fingerprint density at radius 1 is 1.24 bits per heavy atom. The third-order valence-electron chi connectivity index (χ3n) is 2.49. The van der Waals surface area contributed by atoms with Crippen molar-refractivity contribution in [1.29, 1.82) is 0 Å². The number of pyridine rings is 1. The van der Waals surface area contributed by atoms with Gasteiger partial charge >= 0.3 is 0 Å². The van der Waals surface area contributed by atoms with Gasteiger partial charge in [-0.05, 0) is 30.2 Å². The van der Waals surface area contributed by atoms with Gasteiger partial charge in [0.05, 0.1) is 12.1 Å². The molecule has 90 valence electrons. The third-order valence-corrected chi connectivity index (χ3v) is 2.49. The van der Waals surface area contributed by atoms with Crippen LogP contribution in [0.3, 0.4) is 0 Å². The van der Waals surface area contributed by atoms with Crippen LogP contribution in [-0.4, -0.2) is 23.3 Å². The highest BCUT2D eigenvalue weighted by molar-refractivity contribution is 5.80. The Morgan fingerprint density at radius 3 is 2.88 bits per heavy atom. The Bertz CT molecular complexity index is 500. The second kappa shape index (κ2) is 5.61. The maximum atomic E-state index is 8.63. The number of aliphatic hydroxyl groups is 1. The van der Waals surface area contributed by atoms with Crippen LogP contribution in [0.25, 0.3) is 10.9 Å². The van der Waals surface area contributed by atoms with Gasteiger partial charge in [-0.2, -0.15) is 0 Å². The maximum Gasteiger partial charge on any atom is 0.124 e. The molecule has 0 saturated heterocycles. The van der Waals surface area contributed by atoms with Crippen LogP contribution in [-0.2, 0) is 11.3 Å². The van der Waals surface area contributed by atoms with E-state index in [1.165, 1.54) is 0 Å². The van der Waals surface area contributed by atoms with Gasteiger partial charge in [0.25, 0.3) is 0 Å². The molecule has 0 bridgehead atoms. The Kier molecular flexibility index (Phi) is 3.90. The first-order valence-electron chi connectivity index (χ1n) is 5.63. The van der Waals surface area contributed by atoms with E-state index in [0.29, 0.717) is 25.5 Å². The predicted octanol–water partition coefficient (Wildman–Crippen LogP) is 1.72. The molecule has 0 saturated carbocycles. The van der Waals surface area contributed by atoms with Gasteiger partial charge in [-0.15, -0.1) is 0 Å². The minimum Gasteiger partial charge on any atom is -0.396 e. The molecule has 0 aliphatic rings. The van der Waals surface area contributed by atoms with Crippen molar-refractivity contribution in [3.8, 4) is 0 Å². The summed E-state index contributed by atoms with van der Waals surface area (Å²) < 4.78 is 5.42. The van der Waals surface area contributed by atoms with Crippen LogP contribution in [0.15, 0.2) is 30.3 Å². The van der Waals surface area contributed by atoms with Gasteiger partial charge in [0.1, 0.15) is 5.82 Å². The van der Waals surface area contributed by atoms with Crippen molar-refractivity contribution in [3.63, 3.8) is 0 Å². The first-order valence-corrected chi connectivity index (χ1v) is 5.63. The number of nitrogens with two attached hydrogens (primary N) is 1. The van der Waals surface area contributed by atoms with E-state index in [9.17, 15) is 0 Å². The molecule has 2 aromatic rings. The fraction of sp³-hybridized carbons (Fsp3) is 0.308. The van der Waals surface area contributed by atoms with Gasteiger partial charge in [0.15, 0.2) is 0 Å². The van der Waals surface area contributed by atoms with Crippen molar-refractivity contribution in [3.05, 3.63) is 35.9 Å². The van der Waals surface area contributed by atoms with Crippen LogP contribution in [0.1, 0.15) is 12.0 Å². The summed E-state index contributed by atoms with van der Waals surface area (Å²) >= 11 is 0. The number of hydrogen-bond acceptors (Lipinski definition) is 4. The summed E-state index contributed by atoms with van der Waals surface area (Å²) in [6.07, 6.45) is 0.665. The molecular formula is C13H16N2O2. The zero-order valence-corrected chi connectivity index (χ0v) is 9.60. The molecule has 2 rings (SSSR count). The van der Waals surface area contributed by atoms with Gasteiger partial charge in [0.2, 0.25) is 0 Å². The average Bonchev–Trinajstić information content (AvgIpc) is 2.34. The molecule has 1 aromatic heterocycles. The Labute approximate surface area is 100 Å². The number of rotatable bonds is 5. The van der Waals surface area contributed by atoms with Crippen molar-refractivity contribution < 1.29 is 9.84 Å². The van der Waals surface area contributed by atoms with E-state index in [-0.39, 0.29) is 6.61 Å². The molecular weight excluding hydrogens is 216 g/mol. The molecule has 0 fully saturated rings. The van der Waals surface area contributed by atoms with E-state index in [1.54, 1.807) is 6.07 Å². The number of nitrogens with zero attached hydrogens (tertiary/aromatic N) is 1. The first kappa shape index (κ1) is 11.8. The molecule has 1 aromatic carbocycles. The predicted molar refractivity (Wildman–Crippen MR) is 67.5 cm³/mol. The van der Waals surface area contributed by atoms with Crippen LogP contribution in [0, 0.1) is 0 Å². The number of fused-ring (bicyclic) bond motifs is 1. The Morgan fingerprint density at radius 2 is 2.06 bits per heavy atom. The zero-order valence-electron chi connectivity index (χ0n) is 9.60.